The highest BCUT2D eigenvalue weighted by molar-refractivity contribution is 6.01. The quantitative estimate of drug-likeness (QED) is 0.378. The number of esters is 1. The summed E-state index contributed by atoms with van der Waals surface area (Å²) in [6.45, 7) is 20.0. The summed E-state index contributed by atoms with van der Waals surface area (Å²) in [5, 5.41) is 2.80. The molecule has 1 aromatic carbocycles. The fourth-order valence-electron chi connectivity index (χ4n) is 3.41. The molecule has 1 aromatic rings. The number of methoxy groups -OCH3 is 1. The number of benzene rings is 1. The molecule has 1 N–H and O–H groups in total. The molecule has 2 rings (SSSR count). The van der Waals surface area contributed by atoms with Gasteiger partial charge >= 0.3 is 5.97 Å². The zero-order valence-electron chi connectivity index (χ0n) is 22.8. The van der Waals surface area contributed by atoms with Gasteiger partial charge in [0.15, 0.2) is 0 Å². The fraction of sp³-hybridized carbons (Fsp3) is 0.667. The first kappa shape index (κ1) is 35.4. The van der Waals surface area contributed by atoms with Crippen LogP contribution in [0.4, 0.5) is 4.39 Å². The van der Waals surface area contributed by atoms with E-state index in [0.717, 1.165) is 6.42 Å². The van der Waals surface area contributed by atoms with Gasteiger partial charge in [-0.1, -0.05) is 81.4 Å². The molecule has 0 spiro atoms. The highest BCUT2D eigenvalue weighted by Crippen LogP contribution is 2.38. The summed E-state index contributed by atoms with van der Waals surface area (Å²) >= 11 is 0. The average molecular weight is 470 g/mol. The topological polar surface area (TPSA) is 72.5 Å². The molecule has 5 nitrogen and oxygen atoms in total. The van der Waals surface area contributed by atoms with Gasteiger partial charge in [-0.15, -0.1) is 0 Å². The van der Waals surface area contributed by atoms with Gasteiger partial charge in [-0.3, -0.25) is 14.4 Å². The molecule has 1 saturated heterocycles. The molecule has 1 heterocycles. The third-order valence-corrected chi connectivity index (χ3v) is 4.71. The molecule has 0 radical (unpaired) electrons. The minimum absolute atomic E-state index is 0.189. The number of ether oxygens (including phenoxy) is 1. The molecule has 192 valence electrons. The smallest absolute Gasteiger partial charge is 0.316 e. The number of rotatable bonds is 6. The Labute approximate surface area is 201 Å². The van der Waals surface area contributed by atoms with Crippen molar-refractivity contribution in [3.05, 3.63) is 35.6 Å². The van der Waals surface area contributed by atoms with Crippen molar-refractivity contribution in [2.24, 2.45) is 17.8 Å². The van der Waals surface area contributed by atoms with Crippen molar-refractivity contribution in [2.45, 2.75) is 88.0 Å². The predicted molar refractivity (Wildman–Crippen MR) is 136 cm³/mol. The molecule has 3 unspecified atom stereocenters. The van der Waals surface area contributed by atoms with Crippen LogP contribution in [0.2, 0.25) is 0 Å². The number of amides is 1. The van der Waals surface area contributed by atoms with Crippen LogP contribution >= 0.6 is 0 Å². The largest absolute Gasteiger partial charge is 0.468 e. The van der Waals surface area contributed by atoms with Crippen LogP contribution < -0.4 is 5.32 Å². The number of carbonyl (C=O) groups excluding carboxylic acids is 3. The number of ketones is 1. The van der Waals surface area contributed by atoms with Gasteiger partial charge in [0.25, 0.3) is 0 Å². The highest BCUT2D eigenvalue weighted by Gasteiger charge is 2.44. The average Bonchev–Trinajstić information content (AvgIpc) is 2.88. The molecule has 0 aliphatic carbocycles. The summed E-state index contributed by atoms with van der Waals surface area (Å²) in [6, 6.07) is 5.62. The summed E-state index contributed by atoms with van der Waals surface area (Å²) in [5.41, 5.74) is 0.591. The van der Waals surface area contributed by atoms with Crippen molar-refractivity contribution < 1.29 is 23.5 Å². The minimum Gasteiger partial charge on any atom is -0.468 e. The van der Waals surface area contributed by atoms with Crippen molar-refractivity contribution in [3.8, 4) is 0 Å². The van der Waals surface area contributed by atoms with E-state index in [1.54, 1.807) is 13.8 Å². The summed E-state index contributed by atoms with van der Waals surface area (Å²) in [7, 11) is 1.23. The van der Waals surface area contributed by atoms with Crippen LogP contribution in [-0.2, 0) is 19.1 Å². The van der Waals surface area contributed by atoms with E-state index in [1.165, 1.54) is 31.4 Å². The number of nitrogens with one attached hydrogen (secondary N) is 1. The molecular formula is C27H48FNO4. The molecule has 1 fully saturated rings. The second-order valence-corrected chi connectivity index (χ2v) is 6.67. The Kier molecular flexibility index (Phi) is 23.1. The third-order valence-electron chi connectivity index (χ3n) is 4.71. The summed E-state index contributed by atoms with van der Waals surface area (Å²) in [6.07, 6.45) is 1.32. The number of halogens is 1. The maximum atomic E-state index is 13.3. The van der Waals surface area contributed by atoms with Crippen LogP contribution in [0.1, 0.15) is 93.6 Å². The van der Waals surface area contributed by atoms with Gasteiger partial charge in [-0.2, -0.15) is 0 Å². The molecule has 6 heteroatoms. The number of hydrogen-bond acceptors (Lipinski definition) is 4. The van der Waals surface area contributed by atoms with E-state index in [4.69, 9.17) is 4.74 Å². The predicted octanol–water partition coefficient (Wildman–Crippen LogP) is 6.55. The van der Waals surface area contributed by atoms with Crippen molar-refractivity contribution in [2.75, 3.05) is 13.7 Å². The van der Waals surface area contributed by atoms with E-state index in [-0.39, 0.29) is 11.7 Å². The first-order valence-electron chi connectivity index (χ1n) is 12.5. The van der Waals surface area contributed by atoms with Gasteiger partial charge in [-0.25, -0.2) is 4.39 Å². The first-order valence-corrected chi connectivity index (χ1v) is 12.5. The lowest BCUT2D eigenvalue weighted by Gasteiger charge is -2.34. The van der Waals surface area contributed by atoms with E-state index in [0.29, 0.717) is 18.5 Å². The maximum Gasteiger partial charge on any atom is 0.316 e. The zero-order valence-corrected chi connectivity index (χ0v) is 22.8. The molecule has 33 heavy (non-hydrogen) atoms. The maximum absolute atomic E-state index is 13.3. The van der Waals surface area contributed by atoms with Gasteiger partial charge in [0.1, 0.15) is 17.5 Å². The van der Waals surface area contributed by atoms with E-state index in [9.17, 15) is 18.8 Å². The van der Waals surface area contributed by atoms with Gasteiger partial charge in [-0.05, 0) is 30.5 Å². The van der Waals surface area contributed by atoms with E-state index in [2.05, 4.69) is 5.32 Å². The van der Waals surface area contributed by atoms with Gasteiger partial charge in [0.05, 0.1) is 7.11 Å². The number of piperidine rings is 1. The van der Waals surface area contributed by atoms with Gasteiger partial charge in [0, 0.05) is 24.3 Å². The Morgan fingerprint density at radius 3 is 1.85 bits per heavy atom. The van der Waals surface area contributed by atoms with Gasteiger partial charge in [0.2, 0.25) is 5.91 Å². The van der Waals surface area contributed by atoms with Crippen LogP contribution in [0.5, 0.6) is 0 Å². The van der Waals surface area contributed by atoms with Crippen LogP contribution in [0, 0.1) is 23.6 Å². The molecule has 1 amide bonds. The third kappa shape index (κ3) is 11.4. The van der Waals surface area contributed by atoms with Crippen molar-refractivity contribution in [3.63, 3.8) is 0 Å². The molecule has 3 atom stereocenters. The summed E-state index contributed by atoms with van der Waals surface area (Å²) in [5.74, 6) is -4.24. The Hall–Kier alpha value is -2.24. The van der Waals surface area contributed by atoms with Crippen molar-refractivity contribution in [1.29, 1.82) is 0 Å². The van der Waals surface area contributed by atoms with E-state index in [1.807, 2.05) is 55.4 Å². The molecular weight excluding hydrogens is 421 g/mol. The second kappa shape index (κ2) is 21.6. The molecule has 0 aromatic heterocycles. The monoisotopic (exact) mass is 469 g/mol. The Bertz CT molecular complexity index is 644. The number of Topliss-reactive ketones (excluding diaryl/α,β-unsaturated/α-hetero) is 1. The molecule has 0 bridgehead atoms. The zero-order chi connectivity index (χ0) is 26.6. The second-order valence-electron chi connectivity index (χ2n) is 6.67. The van der Waals surface area contributed by atoms with Crippen LogP contribution in [0.3, 0.4) is 0 Å². The van der Waals surface area contributed by atoms with Crippen molar-refractivity contribution >= 4 is 17.7 Å². The first-order chi connectivity index (χ1) is 15.9. The SMILES string of the molecule is CC.CC.CC.CC.COC(=O)C(C(=O)C(C)C)C(c1ccc(F)cc1)C1CCCNC1=O. The van der Waals surface area contributed by atoms with Crippen LogP contribution in [-0.4, -0.2) is 31.3 Å². The molecule has 1 aliphatic rings. The van der Waals surface area contributed by atoms with Crippen LogP contribution in [0.15, 0.2) is 24.3 Å². The Balaban J connectivity index is -0.00000101. The number of hydrogen-bond donors (Lipinski definition) is 1. The summed E-state index contributed by atoms with van der Waals surface area (Å²) < 4.78 is 18.2. The van der Waals surface area contributed by atoms with E-state index >= 15 is 0 Å². The lowest BCUT2D eigenvalue weighted by Crippen LogP contribution is -2.45. The minimum atomic E-state index is -1.09. The van der Waals surface area contributed by atoms with Gasteiger partial charge < -0.3 is 10.1 Å². The van der Waals surface area contributed by atoms with E-state index < -0.39 is 35.5 Å². The fourth-order valence-corrected chi connectivity index (χ4v) is 3.41. The van der Waals surface area contributed by atoms with Crippen molar-refractivity contribution in [1.82, 2.24) is 5.32 Å². The number of carbonyl (C=O) groups is 3. The standard InChI is InChI=1S/C19H24FNO4.4C2H6/c1-11(2)17(22)16(19(24)25-3)15(12-6-8-13(20)9-7-12)14-5-4-10-21-18(14)23;4*1-2/h6-9,11,14-16H,4-5,10H2,1-3H3,(H,21,23);4*1-2H3. The highest BCUT2D eigenvalue weighted by atomic mass is 19.1. The lowest BCUT2D eigenvalue weighted by atomic mass is 9.70. The molecule has 1 aliphatic heterocycles. The lowest BCUT2D eigenvalue weighted by molar-refractivity contribution is -0.152. The van der Waals surface area contributed by atoms with Crippen LogP contribution in [0.25, 0.3) is 0 Å². The Morgan fingerprint density at radius 2 is 1.45 bits per heavy atom. The Morgan fingerprint density at radius 1 is 0.970 bits per heavy atom. The molecule has 0 saturated carbocycles. The summed E-state index contributed by atoms with van der Waals surface area (Å²) in [4.78, 5) is 37.6. The normalized spacial score (nSPS) is 15.8.